The molecular weight excluding hydrogens is 282 g/mol. The van der Waals surface area contributed by atoms with Gasteiger partial charge in [0, 0.05) is 17.3 Å². The maximum atomic E-state index is 12.3. The van der Waals surface area contributed by atoms with Gasteiger partial charge in [0.2, 0.25) is 6.43 Å². The lowest BCUT2D eigenvalue weighted by atomic mass is 10.2. The van der Waals surface area contributed by atoms with E-state index in [1.54, 1.807) is 6.07 Å². The summed E-state index contributed by atoms with van der Waals surface area (Å²) in [5.74, 6) is -2.22. The van der Waals surface area contributed by atoms with E-state index in [2.05, 4.69) is 10.3 Å². The first-order valence-corrected chi connectivity index (χ1v) is 6.28. The van der Waals surface area contributed by atoms with Gasteiger partial charge in [0.1, 0.15) is 11.7 Å². The zero-order chi connectivity index (χ0) is 15.6. The second-order valence-electron chi connectivity index (χ2n) is 4.76. The largest absolute Gasteiger partial charge is 0.480 e. The zero-order valence-corrected chi connectivity index (χ0v) is 11.2. The number of hydrogen-bond acceptors (Lipinski definition) is 2. The van der Waals surface area contributed by atoms with Gasteiger partial charge in [-0.05, 0) is 24.6 Å². The third-order valence-electron chi connectivity index (χ3n) is 3.04. The Balaban J connectivity index is 2.19. The summed E-state index contributed by atoms with van der Waals surface area (Å²) in [6.07, 6.45) is -3.74. The average molecular weight is 296 g/mol. The number of nitrogens with one attached hydrogen (secondary N) is 2. The summed E-state index contributed by atoms with van der Waals surface area (Å²) in [6.45, 7) is 1.89. The molecule has 0 aliphatic heterocycles. The highest BCUT2D eigenvalue weighted by atomic mass is 19.3. The Kier molecular flexibility index (Phi) is 4.21. The van der Waals surface area contributed by atoms with Gasteiger partial charge >= 0.3 is 5.97 Å². The van der Waals surface area contributed by atoms with Crippen molar-refractivity contribution in [3.05, 3.63) is 35.5 Å². The predicted molar refractivity (Wildman–Crippen MR) is 72.5 cm³/mol. The van der Waals surface area contributed by atoms with E-state index in [9.17, 15) is 18.4 Å². The number of amides is 1. The third kappa shape index (κ3) is 3.56. The van der Waals surface area contributed by atoms with Crippen LogP contribution in [0.3, 0.4) is 0 Å². The summed E-state index contributed by atoms with van der Waals surface area (Å²) in [6, 6.07) is 5.44. The first kappa shape index (κ1) is 15.0. The molecule has 0 fully saturated rings. The fraction of sp³-hybridized carbons (Fsp3) is 0.286. The fourth-order valence-corrected chi connectivity index (χ4v) is 2.00. The number of halogens is 2. The SMILES string of the molecule is Cc1ccc2cc(C(=O)NC(CC(F)F)C(=O)O)[nH]c2c1. The molecule has 0 saturated carbocycles. The van der Waals surface area contributed by atoms with Crippen molar-refractivity contribution in [3.63, 3.8) is 0 Å². The average Bonchev–Trinajstić information content (AvgIpc) is 2.80. The van der Waals surface area contributed by atoms with Crippen LogP contribution in [0.2, 0.25) is 0 Å². The van der Waals surface area contributed by atoms with Gasteiger partial charge in [-0.1, -0.05) is 12.1 Å². The molecule has 1 atom stereocenters. The van der Waals surface area contributed by atoms with Crippen LogP contribution in [-0.2, 0) is 4.79 Å². The molecule has 112 valence electrons. The van der Waals surface area contributed by atoms with Crippen molar-refractivity contribution < 1.29 is 23.5 Å². The van der Waals surface area contributed by atoms with Crippen LogP contribution in [0.4, 0.5) is 8.78 Å². The number of carbonyl (C=O) groups is 2. The molecule has 5 nitrogen and oxygen atoms in total. The molecule has 0 aliphatic rings. The van der Waals surface area contributed by atoms with E-state index in [1.165, 1.54) is 0 Å². The van der Waals surface area contributed by atoms with Crippen LogP contribution in [0.5, 0.6) is 0 Å². The van der Waals surface area contributed by atoms with Crippen molar-refractivity contribution >= 4 is 22.8 Å². The summed E-state index contributed by atoms with van der Waals surface area (Å²) < 4.78 is 24.6. The predicted octanol–water partition coefficient (Wildman–Crippen LogP) is 2.31. The lowest BCUT2D eigenvalue weighted by Gasteiger charge is -2.13. The van der Waals surface area contributed by atoms with Crippen molar-refractivity contribution in [1.29, 1.82) is 0 Å². The summed E-state index contributed by atoms with van der Waals surface area (Å²) in [7, 11) is 0. The van der Waals surface area contributed by atoms with Gasteiger partial charge in [0.05, 0.1) is 0 Å². The van der Waals surface area contributed by atoms with Gasteiger partial charge in [-0.25, -0.2) is 13.6 Å². The molecule has 0 saturated heterocycles. The second-order valence-corrected chi connectivity index (χ2v) is 4.76. The third-order valence-corrected chi connectivity index (χ3v) is 3.04. The maximum absolute atomic E-state index is 12.3. The van der Waals surface area contributed by atoms with Gasteiger partial charge in [-0.2, -0.15) is 0 Å². The Hall–Kier alpha value is -2.44. The number of aromatic nitrogens is 1. The second kappa shape index (κ2) is 5.90. The molecule has 2 rings (SSSR count). The lowest BCUT2D eigenvalue weighted by molar-refractivity contribution is -0.140. The number of carboxylic acids is 1. The Morgan fingerprint density at radius 3 is 2.67 bits per heavy atom. The molecule has 1 aromatic carbocycles. The van der Waals surface area contributed by atoms with Gasteiger partial charge in [-0.15, -0.1) is 0 Å². The quantitative estimate of drug-likeness (QED) is 0.792. The van der Waals surface area contributed by atoms with Crippen molar-refractivity contribution in [1.82, 2.24) is 10.3 Å². The standard InChI is InChI=1S/C14H14F2N2O3/c1-7-2-3-8-5-10(17-9(8)4-7)13(19)18-11(14(20)21)6-12(15)16/h2-5,11-12,17H,6H2,1H3,(H,18,19)(H,20,21). The van der Waals surface area contributed by atoms with Crippen LogP contribution in [-0.4, -0.2) is 34.4 Å². The molecule has 0 radical (unpaired) electrons. The summed E-state index contributed by atoms with van der Waals surface area (Å²) in [5, 5.41) is 11.7. The highest BCUT2D eigenvalue weighted by Crippen LogP contribution is 2.17. The number of aliphatic carboxylic acids is 1. The molecule has 21 heavy (non-hydrogen) atoms. The molecule has 0 aliphatic carbocycles. The van der Waals surface area contributed by atoms with E-state index >= 15 is 0 Å². The van der Waals surface area contributed by atoms with Crippen molar-refractivity contribution in [3.8, 4) is 0 Å². The minimum Gasteiger partial charge on any atom is -0.480 e. The lowest BCUT2D eigenvalue weighted by Crippen LogP contribution is -2.42. The van der Waals surface area contributed by atoms with Crippen LogP contribution in [0.25, 0.3) is 10.9 Å². The van der Waals surface area contributed by atoms with Crippen molar-refractivity contribution in [2.24, 2.45) is 0 Å². The molecule has 7 heteroatoms. The number of carbonyl (C=O) groups excluding carboxylic acids is 1. The summed E-state index contributed by atoms with van der Waals surface area (Å²) in [4.78, 5) is 25.6. The Morgan fingerprint density at radius 2 is 2.05 bits per heavy atom. The van der Waals surface area contributed by atoms with Crippen LogP contribution >= 0.6 is 0 Å². The molecule has 1 unspecified atom stereocenters. The number of fused-ring (bicyclic) bond motifs is 1. The highest BCUT2D eigenvalue weighted by molar-refractivity contribution is 5.99. The number of alkyl halides is 2. The smallest absolute Gasteiger partial charge is 0.326 e. The number of benzene rings is 1. The molecule has 1 amide bonds. The first-order valence-electron chi connectivity index (χ1n) is 6.28. The van der Waals surface area contributed by atoms with E-state index in [1.807, 2.05) is 25.1 Å². The Bertz CT molecular complexity index is 682. The number of aromatic amines is 1. The van der Waals surface area contributed by atoms with Crippen molar-refractivity contribution in [2.45, 2.75) is 25.8 Å². The number of rotatable bonds is 5. The molecule has 3 N–H and O–H groups in total. The van der Waals surface area contributed by atoms with Crippen LogP contribution in [0, 0.1) is 6.92 Å². The van der Waals surface area contributed by atoms with E-state index in [0.29, 0.717) is 0 Å². The molecule has 2 aromatic rings. The fourth-order valence-electron chi connectivity index (χ4n) is 2.00. The molecular formula is C14H14F2N2O3. The maximum Gasteiger partial charge on any atom is 0.326 e. The topological polar surface area (TPSA) is 82.2 Å². The van der Waals surface area contributed by atoms with Crippen LogP contribution in [0.1, 0.15) is 22.5 Å². The Labute approximate surface area is 119 Å². The number of carboxylic acid groups (broad SMARTS) is 1. The normalized spacial score (nSPS) is 12.6. The Morgan fingerprint density at radius 1 is 1.33 bits per heavy atom. The monoisotopic (exact) mass is 296 g/mol. The van der Waals surface area contributed by atoms with E-state index in [-0.39, 0.29) is 5.69 Å². The van der Waals surface area contributed by atoms with Crippen LogP contribution < -0.4 is 5.32 Å². The number of aryl methyl sites for hydroxylation is 1. The van der Waals surface area contributed by atoms with Gasteiger partial charge in [0.25, 0.3) is 5.91 Å². The summed E-state index contributed by atoms with van der Waals surface area (Å²) in [5.41, 5.74) is 1.86. The first-order chi connectivity index (χ1) is 9.86. The summed E-state index contributed by atoms with van der Waals surface area (Å²) >= 11 is 0. The molecule has 1 aromatic heterocycles. The zero-order valence-electron chi connectivity index (χ0n) is 11.2. The highest BCUT2D eigenvalue weighted by Gasteiger charge is 2.25. The molecule has 1 heterocycles. The van der Waals surface area contributed by atoms with Gasteiger partial charge in [-0.3, -0.25) is 4.79 Å². The minimum absolute atomic E-state index is 0.135. The van der Waals surface area contributed by atoms with Crippen LogP contribution in [0.15, 0.2) is 24.3 Å². The molecule has 0 spiro atoms. The minimum atomic E-state index is -2.81. The number of hydrogen-bond donors (Lipinski definition) is 3. The molecule has 0 bridgehead atoms. The van der Waals surface area contributed by atoms with Gasteiger partial charge < -0.3 is 15.4 Å². The number of H-pyrrole nitrogens is 1. The van der Waals surface area contributed by atoms with Crippen molar-refractivity contribution in [2.75, 3.05) is 0 Å². The van der Waals surface area contributed by atoms with Gasteiger partial charge in [0.15, 0.2) is 0 Å². The van der Waals surface area contributed by atoms with E-state index in [0.717, 1.165) is 16.5 Å². The van der Waals surface area contributed by atoms with E-state index in [4.69, 9.17) is 5.11 Å². The van der Waals surface area contributed by atoms with E-state index < -0.39 is 30.8 Å².